The van der Waals surface area contributed by atoms with E-state index in [2.05, 4.69) is 5.32 Å². The van der Waals surface area contributed by atoms with E-state index < -0.39 is 0 Å². The highest BCUT2D eigenvalue weighted by Gasteiger charge is 2.40. The average Bonchev–Trinajstić information content (AvgIpc) is 2.93. The van der Waals surface area contributed by atoms with E-state index in [0.29, 0.717) is 29.5 Å². The van der Waals surface area contributed by atoms with Crippen molar-refractivity contribution in [1.29, 1.82) is 0 Å². The first-order valence-electron chi connectivity index (χ1n) is 6.46. The first kappa shape index (κ1) is 11.5. The van der Waals surface area contributed by atoms with Gasteiger partial charge in [0.1, 0.15) is 0 Å². The van der Waals surface area contributed by atoms with Crippen LogP contribution in [0, 0.1) is 0 Å². The van der Waals surface area contributed by atoms with Crippen molar-refractivity contribution in [3.8, 4) is 0 Å². The Balaban J connectivity index is 1.77. The number of nitrogens with two attached hydrogens (primary N) is 1. The third-order valence-corrected chi connectivity index (χ3v) is 3.89. The van der Waals surface area contributed by atoms with Gasteiger partial charge in [-0.2, -0.15) is 0 Å². The molecule has 0 aliphatic carbocycles. The van der Waals surface area contributed by atoms with E-state index in [1.54, 1.807) is 6.07 Å². The second-order valence-corrected chi connectivity index (χ2v) is 5.22. The molecule has 3 atom stereocenters. The van der Waals surface area contributed by atoms with Crippen LogP contribution in [0.15, 0.2) is 18.2 Å². The summed E-state index contributed by atoms with van der Waals surface area (Å²) in [5.74, 6) is 0.000317. The number of carbonyl (C=O) groups is 1. The minimum Gasteiger partial charge on any atom is -0.398 e. The molecule has 2 aliphatic rings. The second kappa shape index (κ2) is 4.28. The summed E-state index contributed by atoms with van der Waals surface area (Å²) < 4.78 is 5.80. The van der Waals surface area contributed by atoms with Crippen LogP contribution >= 0.6 is 0 Å². The normalized spacial score (nSPS) is 29.5. The largest absolute Gasteiger partial charge is 0.398 e. The topological polar surface area (TPSA) is 64.3 Å². The SMILES string of the molecule is CC(=O)c1cc(NC2CC3CCC2O3)ccc1N. The molecule has 18 heavy (non-hydrogen) atoms. The number of ether oxygens (including phenoxy) is 1. The Morgan fingerprint density at radius 3 is 2.89 bits per heavy atom. The van der Waals surface area contributed by atoms with Crippen molar-refractivity contribution >= 4 is 17.2 Å². The summed E-state index contributed by atoms with van der Waals surface area (Å²) >= 11 is 0. The Kier molecular flexibility index (Phi) is 2.74. The first-order valence-corrected chi connectivity index (χ1v) is 6.46. The summed E-state index contributed by atoms with van der Waals surface area (Å²) in [6, 6.07) is 5.91. The minimum atomic E-state index is 0.000317. The maximum atomic E-state index is 11.5. The number of nitrogens with one attached hydrogen (secondary N) is 1. The van der Waals surface area contributed by atoms with Crippen molar-refractivity contribution in [2.45, 2.75) is 44.4 Å². The van der Waals surface area contributed by atoms with Crippen molar-refractivity contribution in [3.05, 3.63) is 23.8 Å². The fourth-order valence-electron chi connectivity index (χ4n) is 2.95. The van der Waals surface area contributed by atoms with E-state index in [9.17, 15) is 4.79 Å². The van der Waals surface area contributed by atoms with Crippen LogP contribution in [0.1, 0.15) is 36.5 Å². The molecule has 0 radical (unpaired) electrons. The van der Waals surface area contributed by atoms with Gasteiger partial charge in [0.25, 0.3) is 0 Å². The van der Waals surface area contributed by atoms with Crippen molar-refractivity contribution in [2.24, 2.45) is 0 Å². The molecule has 1 aromatic carbocycles. The van der Waals surface area contributed by atoms with Gasteiger partial charge in [-0.15, -0.1) is 0 Å². The molecule has 3 N–H and O–H groups in total. The number of ketones is 1. The van der Waals surface area contributed by atoms with Gasteiger partial charge in [-0.3, -0.25) is 4.79 Å². The molecule has 1 aromatic rings. The zero-order valence-corrected chi connectivity index (χ0v) is 10.5. The molecule has 4 nitrogen and oxygen atoms in total. The number of carbonyl (C=O) groups excluding carboxylic acids is 1. The molecular formula is C14H18N2O2. The third kappa shape index (κ3) is 1.97. The lowest BCUT2D eigenvalue weighted by atomic mass is 9.95. The maximum Gasteiger partial charge on any atom is 0.161 e. The van der Waals surface area contributed by atoms with Gasteiger partial charge in [-0.1, -0.05) is 0 Å². The summed E-state index contributed by atoms with van der Waals surface area (Å²) in [5.41, 5.74) is 7.87. The fraction of sp³-hybridized carbons (Fsp3) is 0.500. The van der Waals surface area contributed by atoms with Crippen LogP contribution in [0.5, 0.6) is 0 Å². The number of fused-ring (bicyclic) bond motifs is 2. The predicted octanol–water partition coefficient (Wildman–Crippen LogP) is 2.20. The lowest BCUT2D eigenvalue weighted by Crippen LogP contribution is -2.30. The van der Waals surface area contributed by atoms with Crippen molar-refractivity contribution in [2.75, 3.05) is 11.1 Å². The van der Waals surface area contributed by atoms with Crippen molar-refractivity contribution in [3.63, 3.8) is 0 Å². The quantitative estimate of drug-likeness (QED) is 0.634. The maximum absolute atomic E-state index is 11.5. The number of anilines is 2. The number of hydrogen-bond acceptors (Lipinski definition) is 4. The van der Waals surface area contributed by atoms with E-state index in [0.717, 1.165) is 18.5 Å². The number of hydrogen-bond donors (Lipinski definition) is 2. The van der Waals surface area contributed by atoms with Gasteiger partial charge < -0.3 is 15.8 Å². The van der Waals surface area contributed by atoms with Gasteiger partial charge in [-0.25, -0.2) is 0 Å². The van der Waals surface area contributed by atoms with E-state index in [1.165, 1.54) is 13.3 Å². The molecular weight excluding hydrogens is 228 g/mol. The number of nitrogen functional groups attached to an aromatic ring is 1. The number of rotatable bonds is 3. The highest BCUT2D eigenvalue weighted by molar-refractivity contribution is 6.00. The molecule has 2 bridgehead atoms. The van der Waals surface area contributed by atoms with E-state index in [-0.39, 0.29) is 5.78 Å². The van der Waals surface area contributed by atoms with Crippen LogP contribution in [0.3, 0.4) is 0 Å². The first-order chi connectivity index (χ1) is 8.63. The highest BCUT2D eigenvalue weighted by atomic mass is 16.5. The monoisotopic (exact) mass is 246 g/mol. The standard InChI is InChI=1S/C14H18N2O2/c1-8(17)11-6-9(2-4-12(11)15)16-13-7-10-3-5-14(13)18-10/h2,4,6,10,13-14,16H,3,5,7,15H2,1H3. The molecule has 0 spiro atoms. The molecule has 3 rings (SSSR count). The van der Waals surface area contributed by atoms with Gasteiger partial charge >= 0.3 is 0 Å². The molecule has 0 saturated carbocycles. The Morgan fingerprint density at radius 1 is 1.44 bits per heavy atom. The van der Waals surface area contributed by atoms with Gasteiger partial charge in [-0.05, 0) is 44.4 Å². The van der Waals surface area contributed by atoms with Crippen LogP contribution in [0.25, 0.3) is 0 Å². The van der Waals surface area contributed by atoms with Crippen LogP contribution in [0.2, 0.25) is 0 Å². The molecule has 2 aliphatic heterocycles. The molecule has 2 fully saturated rings. The lowest BCUT2D eigenvalue weighted by molar-refractivity contribution is 0.101. The zero-order valence-electron chi connectivity index (χ0n) is 10.5. The molecule has 4 heteroatoms. The molecule has 96 valence electrons. The number of Topliss-reactive ketones (excluding diaryl/α,β-unsaturated/α-hetero) is 1. The zero-order chi connectivity index (χ0) is 12.7. The molecule has 2 heterocycles. The summed E-state index contributed by atoms with van der Waals surface area (Å²) in [5, 5.41) is 3.46. The molecule has 3 unspecified atom stereocenters. The molecule has 0 amide bonds. The Hall–Kier alpha value is -1.55. The fourth-order valence-corrected chi connectivity index (χ4v) is 2.95. The Bertz CT molecular complexity index is 487. The van der Waals surface area contributed by atoms with E-state index >= 15 is 0 Å². The van der Waals surface area contributed by atoms with Crippen molar-refractivity contribution < 1.29 is 9.53 Å². The van der Waals surface area contributed by atoms with Crippen LogP contribution in [-0.4, -0.2) is 24.0 Å². The van der Waals surface area contributed by atoms with Crippen molar-refractivity contribution in [1.82, 2.24) is 0 Å². The smallest absolute Gasteiger partial charge is 0.161 e. The second-order valence-electron chi connectivity index (χ2n) is 5.22. The Morgan fingerprint density at radius 2 is 2.28 bits per heavy atom. The molecule has 0 aromatic heterocycles. The van der Waals surface area contributed by atoms with Gasteiger partial charge in [0, 0.05) is 16.9 Å². The molecule has 2 saturated heterocycles. The van der Waals surface area contributed by atoms with E-state index in [4.69, 9.17) is 10.5 Å². The van der Waals surface area contributed by atoms with Crippen LogP contribution in [-0.2, 0) is 4.74 Å². The van der Waals surface area contributed by atoms with Gasteiger partial charge in [0.15, 0.2) is 5.78 Å². The predicted molar refractivity (Wildman–Crippen MR) is 70.8 cm³/mol. The van der Waals surface area contributed by atoms with Crippen LogP contribution < -0.4 is 11.1 Å². The van der Waals surface area contributed by atoms with Gasteiger partial charge in [0.2, 0.25) is 0 Å². The third-order valence-electron chi connectivity index (χ3n) is 3.89. The minimum absolute atomic E-state index is 0.000317. The number of benzene rings is 1. The van der Waals surface area contributed by atoms with E-state index in [1.807, 2.05) is 12.1 Å². The lowest BCUT2D eigenvalue weighted by Gasteiger charge is -2.21. The summed E-state index contributed by atoms with van der Waals surface area (Å²) in [6.45, 7) is 1.54. The highest BCUT2D eigenvalue weighted by Crippen LogP contribution is 2.36. The summed E-state index contributed by atoms with van der Waals surface area (Å²) in [6.07, 6.45) is 4.13. The van der Waals surface area contributed by atoms with Crippen LogP contribution in [0.4, 0.5) is 11.4 Å². The summed E-state index contributed by atoms with van der Waals surface area (Å²) in [7, 11) is 0. The Labute approximate surface area is 107 Å². The van der Waals surface area contributed by atoms with Gasteiger partial charge in [0.05, 0.1) is 18.2 Å². The average molecular weight is 246 g/mol. The summed E-state index contributed by atoms with van der Waals surface area (Å²) in [4.78, 5) is 11.5.